The number of aryl methyl sites for hydroxylation is 3. The summed E-state index contributed by atoms with van der Waals surface area (Å²) in [7, 11) is 0. The molecule has 5 rings (SSSR count). The third kappa shape index (κ3) is 2.64. The first-order valence-electron chi connectivity index (χ1n) is 9.64. The minimum Gasteiger partial charge on any atom is -0.423 e. The molecule has 1 N–H and O–H groups in total. The lowest BCUT2D eigenvalue weighted by Gasteiger charge is -2.31. The summed E-state index contributed by atoms with van der Waals surface area (Å²) >= 11 is 1.63. The Labute approximate surface area is 171 Å². The van der Waals surface area contributed by atoms with Crippen LogP contribution in [0, 0.1) is 13.8 Å². The molecule has 148 valence electrons. The van der Waals surface area contributed by atoms with Gasteiger partial charge in [-0.2, -0.15) is 0 Å². The summed E-state index contributed by atoms with van der Waals surface area (Å²) in [4.78, 5) is 40.8. The van der Waals surface area contributed by atoms with Gasteiger partial charge in [-0.1, -0.05) is 0 Å². The molecule has 1 saturated heterocycles. The molecule has 6 nitrogen and oxygen atoms in total. The van der Waals surface area contributed by atoms with Crippen LogP contribution >= 0.6 is 11.3 Å². The van der Waals surface area contributed by atoms with Gasteiger partial charge in [0.05, 0.1) is 6.54 Å². The number of carbonyl (C=O) groups excluding carboxylic acids is 2. The fraction of sp³-hybridized carbons (Fsp3) is 0.318. The third-order valence-corrected chi connectivity index (χ3v) is 7.09. The van der Waals surface area contributed by atoms with E-state index in [1.807, 2.05) is 37.4 Å². The average Bonchev–Trinajstić information content (AvgIpc) is 3.24. The lowest BCUT2D eigenvalue weighted by molar-refractivity contribution is -0.132. The predicted octanol–water partition coefficient (Wildman–Crippen LogP) is 3.75. The number of nitrogens with zero attached hydrogens (tertiary/aromatic N) is 1. The van der Waals surface area contributed by atoms with E-state index in [-0.39, 0.29) is 12.5 Å². The maximum Gasteiger partial charge on any atom is 0.336 e. The number of hydrogen-bond acceptors (Lipinski definition) is 5. The van der Waals surface area contributed by atoms with Gasteiger partial charge in [-0.25, -0.2) is 9.59 Å². The molecule has 0 bridgehead atoms. The van der Waals surface area contributed by atoms with Gasteiger partial charge in [0.2, 0.25) is 0 Å². The molecule has 2 aromatic heterocycles. The quantitative estimate of drug-likeness (QED) is 0.517. The molecule has 0 saturated carbocycles. The van der Waals surface area contributed by atoms with Crippen LogP contribution in [0.4, 0.5) is 4.79 Å². The maximum absolute atomic E-state index is 13.4. The Bertz CT molecular complexity index is 1240. The number of benzene rings is 1. The summed E-state index contributed by atoms with van der Waals surface area (Å²) in [6.45, 7) is 3.97. The van der Waals surface area contributed by atoms with Crippen LogP contribution in [0.5, 0.6) is 0 Å². The van der Waals surface area contributed by atoms with E-state index in [0.29, 0.717) is 17.6 Å². The summed E-state index contributed by atoms with van der Waals surface area (Å²) in [6, 6.07) is 6.66. The number of hydrogen-bond donors (Lipinski definition) is 1. The predicted molar refractivity (Wildman–Crippen MR) is 110 cm³/mol. The SMILES string of the molecule is Cc1cc2oc(=O)cc(CN3C(=O)N[C@@]4(CCCc5sccc54)C3=O)c2cc1C. The number of urea groups is 1. The Morgan fingerprint density at radius 2 is 1.97 bits per heavy atom. The van der Waals surface area contributed by atoms with Crippen molar-refractivity contribution in [3.8, 4) is 0 Å². The molecular formula is C22H20N2O4S. The van der Waals surface area contributed by atoms with Crippen LogP contribution in [0.15, 0.2) is 38.9 Å². The van der Waals surface area contributed by atoms with E-state index >= 15 is 0 Å². The highest BCUT2D eigenvalue weighted by molar-refractivity contribution is 7.10. The number of amides is 3. The fourth-order valence-corrected chi connectivity index (χ4v) is 5.47. The van der Waals surface area contributed by atoms with E-state index < -0.39 is 17.2 Å². The minimum absolute atomic E-state index is 0.0382. The first kappa shape index (κ1) is 18.1. The number of imide groups is 1. The summed E-state index contributed by atoms with van der Waals surface area (Å²) in [5.41, 5.74) is 2.59. The lowest BCUT2D eigenvalue weighted by atomic mass is 9.80. The Hall–Kier alpha value is -2.93. The van der Waals surface area contributed by atoms with Gasteiger partial charge in [0, 0.05) is 21.9 Å². The molecule has 3 amide bonds. The van der Waals surface area contributed by atoms with Crippen molar-refractivity contribution in [2.45, 2.75) is 45.2 Å². The van der Waals surface area contributed by atoms with E-state index in [0.717, 1.165) is 39.8 Å². The van der Waals surface area contributed by atoms with Gasteiger partial charge < -0.3 is 9.73 Å². The van der Waals surface area contributed by atoms with Crippen molar-refractivity contribution >= 4 is 34.2 Å². The zero-order chi connectivity index (χ0) is 20.3. The molecule has 2 aliphatic rings. The Morgan fingerprint density at radius 1 is 1.17 bits per heavy atom. The first-order valence-corrected chi connectivity index (χ1v) is 10.5. The zero-order valence-electron chi connectivity index (χ0n) is 16.2. The highest BCUT2D eigenvalue weighted by Gasteiger charge is 2.54. The van der Waals surface area contributed by atoms with Crippen molar-refractivity contribution in [2.75, 3.05) is 0 Å². The molecule has 1 atom stereocenters. The van der Waals surface area contributed by atoms with Gasteiger partial charge in [0.15, 0.2) is 0 Å². The molecule has 1 fully saturated rings. The van der Waals surface area contributed by atoms with Crippen molar-refractivity contribution < 1.29 is 14.0 Å². The number of carbonyl (C=O) groups is 2. The summed E-state index contributed by atoms with van der Waals surface area (Å²) in [6.07, 6.45) is 2.37. The van der Waals surface area contributed by atoms with E-state index in [9.17, 15) is 14.4 Å². The summed E-state index contributed by atoms with van der Waals surface area (Å²) in [5, 5.41) is 5.68. The highest BCUT2D eigenvalue weighted by atomic mass is 32.1. The van der Waals surface area contributed by atoms with Gasteiger partial charge in [0.25, 0.3) is 5.91 Å². The van der Waals surface area contributed by atoms with Crippen molar-refractivity contribution in [1.82, 2.24) is 10.2 Å². The molecule has 1 spiro atoms. The molecule has 3 aromatic rings. The van der Waals surface area contributed by atoms with Gasteiger partial charge in [-0.05, 0) is 73.4 Å². The molecule has 1 aliphatic carbocycles. The van der Waals surface area contributed by atoms with Crippen LogP contribution in [0.3, 0.4) is 0 Å². The second kappa shape index (κ2) is 6.29. The molecule has 1 aliphatic heterocycles. The Morgan fingerprint density at radius 3 is 2.79 bits per heavy atom. The Balaban J connectivity index is 1.57. The zero-order valence-corrected chi connectivity index (χ0v) is 17.0. The number of thiophene rings is 1. The normalized spacial score (nSPS) is 21.1. The molecule has 29 heavy (non-hydrogen) atoms. The van der Waals surface area contributed by atoms with Crippen molar-refractivity contribution in [3.05, 3.63) is 67.2 Å². The minimum atomic E-state index is -0.980. The maximum atomic E-state index is 13.4. The van der Waals surface area contributed by atoms with E-state index in [4.69, 9.17) is 4.42 Å². The van der Waals surface area contributed by atoms with Crippen LogP contribution in [-0.4, -0.2) is 16.8 Å². The topological polar surface area (TPSA) is 79.6 Å². The summed E-state index contributed by atoms with van der Waals surface area (Å²) < 4.78 is 5.34. The van der Waals surface area contributed by atoms with Crippen LogP contribution in [-0.2, 0) is 23.3 Å². The molecule has 1 aromatic carbocycles. The number of rotatable bonds is 2. The smallest absolute Gasteiger partial charge is 0.336 e. The average molecular weight is 408 g/mol. The third-order valence-electron chi connectivity index (χ3n) is 6.11. The Kier molecular flexibility index (Phi) is 3.93. The van der Waals surface area contributed by atoms with Crippen LogP contribution < -0.4 is 10.9 Å². The second-order valence-corrected chi connectivity index (χ2v) is 8.86. The van der Waals surface area contributed by atoms with Crippen molar-refractivity contribution in [2.24, 2.45) is 0 Å². The van der Waals surface area contributed by atoms with Crippen molar-refractivity contribution in [3.63, 3.8) is 0 Å². The number of fused-ring (bicyclic) bond motifs is 3. The van der Waals surface area contributed by atoms with Crippen molar-refractivity contribution in [1.29, 1.82) is 0 Å². The van der Waals surface area contributed by atoms with Gasteiger partial charge in [0.1, 0.15) is 11.1 Å². The van der Waals surface area contributed by atoms with E-state index in [1.54, 1.807) is 11.3 Å². The standard InChI is InChI=1S/C22H20N2O4S/c1-12-8-15-14(10-19(25)28-17(15)9-13(12)2)11-24-20(26)22(23-21(24)27)6-3-4-18-16(22)5-7-29-18/h5,7-10H,3-4,6,11H2,1-2H3,(H,23,27)/t22-/m1/s1. The molecular weight excluding hydrogens is 388 g/mol. The highest BCUT2D eigenvalue weighted by Crippen LogP contribution is 2.42. The molecule has 0 radical (unpaired) electrons. The second-order valence-electron chi connectivity index (χ2n) is 7.86. The van der Waals surface area contributed by atoms with Crippen LogP contribution in [0.25, 0.3) is 11.0 Å². The largest absolute Gasteiger partial charge is 0.423 e. The fourth-order valence-electron chi connectivity index (χ4n) is 4.47. The summed E-state index contributed by atoms with van der Waals surface area (Å²) in [5.74, 6) is -0.243. The number of nitrogens with one attached hydrogen (secondary N) is 1. The first-order chi connectivity index (χ1) is 13.9. The van der Waals surface area contributed by atoms with E-state index in [1.165, 1.54) is 11.0 Å². The van der Waals surface area contributed by atoms with E-state index in [2.05, 4.69) is 5.32 Å². The molecule has 0 unspecified atom stereocenters. The molecule has 7 heteroatoms. The van der Waals surface area contributed by atoms with Crippen LogP contribution in [0.2, 0.25) is 0 Å². The monoisotopic (exact) mass is 408 g/mol. The van der Waals surface area contributed by atoms with Gasteiger partial charge in [-0.15, -0.1) is 11.3 Å². The van der Waals surface area contributed by atoms with Gasteiger partial charge >= 0.3 is 11.7 Å². The van der Waals surface area contributed by atoms with Gasteiger partial charge in [-0.3, -0.25) is 9.69 Å². The lowest BCUT2D eigenvalue weighted by Crippen LogP contribution is -2.46. The van der Waals surface area contributed by atoms with Crippen LogP contribution in [0.1, 0.15) is 40.0 Å². The molecule has 3 heterocycles.